The van der Waals surface area contributed by atoms with E-state index in [-0.39, 0.29) is 0 Å². The first kappa shape index (κ1) is 13.4. The van der Waals surface area contributed by atoms with Crippen molar-refractivity contribution in [2.75, 3.05) is 12.3 Å². The van der Waals surface area contributed by atoms with Crippen molar-refractivity contribution in [2.24, 2.45) is 0 Å². The molecule has 0 unspecified atom stereocenters. The molecule has 0 aliphatic rings. The van der Waals surface area contributed by atoms with Crippen molar-refractivity contribution >= 4 is 28.9 Å². The minimum atomic E-state index is -0.771. The average Bonchev–Trinajstić information content (AvgIpc) is 2.07. The number of nitrogen functional groups attached to an aromatic ring is 1. The highest BCUT2D eigenvalue weighted by molar-refractivity contribution is 6.37. The van der Waals surface area contributed by atoms with Gasteiger partial charge in [-0.3, -0.25) is 0 Å². The van der Waals surface area contributed by atoms with Crippen molar-refractivity contribution in [3.63, 3.8) is 0 Å². The first-order valence-electron chi connectivity index (χ1n) is 4.89. The zero-order chi connectivity index (χ0) is 12.3. The number of rotatable bonds is 4. The second-order valence-corrected chi connectivity index (χ2v) is 5.04. The molecule has 0 atom stereocenters. The van der Waals surface area contributed by atoms with Crippen LogP contribution in [-0.2, 0) is 0 Å². The van der Waals surface area contributed by atoms with Crippen LogP contribution in [0, 0.1) is 0 Å². The van der Waals surface area contributed by atoms with Crippen LogP contribution in [0.3, 0.4) is 0 Å². The van der Waals surface area contributed by atoms with Gasteiger partial charge in [-0.05, 0) is 26.0 Å². The normalized spacial score (nSPS) is 11.6. The maximum atomic E-state index is 9.51. The Bertz CT molecular complexity index is 352. The Labute approximate surface area is 105 Å². The summed E-state index contributed by atoms with van der Waals surface area (Å²) in [4.78, 5) is 0. The number of benzene rings is 1. The van der Waals surface area contributed by atoms with Gasteiger partial charge in [0.05, 0.1) is 22.3 Å². The summed E-state index contributed by atoms with van der Waals surface area (Å²) in [5, 5.41) is 10.3. The zero-order valence-corrected chi connectivity index (χ0v) is 10.8. The predicted octanol–water partition coefficient (Wildman–Crippen LogP) is 3.12. The third-order valence-electron chi connectivity index (χ3n) is 1.98. The van der Waals surface area contributed by atoms with E-state index >= 15 is 0 Å². The number of anilines is 1. The lowest BCUT2D eigenvalue weighted by Crippen LogP contribution is -2.21. The fourth-order valence-corrected chi connectivity index (χ4v) is 1.73. The van der Waals surface area contributed by atoms with E-state index < -0.39 is 5.60 Å². The van der Waals surface area contributed by atoms with Crippen LogP contribution in [0.25, 0.3) is 0 Å². The average molecular weight is 264 g/mol. The predicted molar refractivity (Wildman–Crippen MR) is 67.3 cm³/mol. The zero-order valence-electron chi connectivity index (χ0n) is 9.26. The third-order valence-corrected chi connectivity index (χ3v) is 2.54. The molecule has 0 bridgehead atoms. The van der Waals surface area contributed by atoms with Crippen LogP contribution in [0.5, 0.6) is 5.75 Å². The summed E-state index contributed by atoms with van der Waals surface area (Å²) < 4.78 is 5.42. The van der Waals surface area contributed by atoms with Crippen molar-refractivity contribution in [3.8, 4) is 5.75 Å². The number of aliphatic hydroxyl groups is 1. The summed E-state index contributed by atoms with van der Waals surface area (Å²) in [5.41, 5.74) is 5.28. The van der Waals surface area contributed by atoms with E-state index in [0.29, 0.717) is 34.5 Å². The topological polar surface area (TPSA) is 55.5 Å². The Morgan fingerprint density at radius 3 is 2.25 bits per heavy atom. The summed E-state index contributed by atoms with van der Waals surface area (Å²) in [7, 11) is 0. The van der Waals surface area contributed by atoms with Crippen molar-refractivity contribution in [2.45, 2.75) is 25.9 Å². The second-order valence-electron chi connectivity index (χ2n) is 4.22. The van der Waals surface area contributed by atoms with E-state index in [9.17, 15) is 5.11 Å². The monoisotopic (exact) mass is 263 g/mol. The Morgan fingerprint density at radius 2 is 1.81 bits per heavy atom. The smallest absolute Gasteiger partial charge is 0.156 e. The van der Waals surface area contributed by atoms with Gasteiger partial charge in [-0.1, -0.05) is 23.2 Å². The number of ether oxygens (including phenoxy) is 1. The summed E-state index contributed by atoms with van der Waals surface area (Å²) in [5.74, 6) is 0.404. The van der Waals surface area contributed by atoms with Gasteiger partial charge >= 0.3 is 0 Å². The maximum Gasteiger partial charge on any atom is 0.156 e. The van der Waals surface area contributed by atoms with Gasteiger partial charge in [0, 0.05) is 12.1 Å². The molecule has 0 aliphatic heterocycles. The van der Waals surface area contributed by atoms with Crippen LogP contribution in [-0.4, -0.2) is 17.3 Å². The van der Waals surface area contributed by atoms with Gasteiger partial charge in [0.1, 0.15) is 0 Å². The van der Waals surface area contributed by atoms with E-state index in [1.54, 1.807) is 26.0 Å². The summed E-state index contributed by atoms with van der Waals surface area (Å²) in [6, 6.07) is 3.15. The molecule has 1 aromatic carbocycles. The molecule has 0 aromatic heterocycles. The fraction of sp³-hybridized carbons (Fsp3) is 0.455. The number of hydrogen-bond acceptors (Lipinski definition) is 3. The SMILES string of the molecule is CC(C)(O)CCOc1c(Cl)cc(N)cc1Cl. The van der Waals surface area contributed by atoms with Crippen LogP contribution in [0.15, 0.2) is 12.1 Å². The van der Waals surface area contributed by atoms with Crippen LogP contribution in [0.4, 0.5) is 5.69 Å². The Morgan fingerprint density at radius 1 is 1.31 bits per heavy atom. The lowest BCUT2D eigenvalue weighted by molar-refractivity contribution is 0.0553. The third kappa shape index (κ3) is 4.08. The molecule has 3 nitrogen and oxygen atoms in total. The molecule has 16 heavy (non-hydrogen) atoms. The van der Waals surface area contributed by atoms with Gasteiger partial charge in [-0.2, -0.15) is 0 Å². The molecule has 90 valence electrons. The molecular formula is C11H15Cl2NO2. The van der Waals surface area contributed by atoms with Crippen molar-refractivity contribution < 1.29 is 9.84 Å². The summed E-state index contributed by atoms with van der Waals surface area (Å²) in [6.45, 7) is 3.76. The first-order valence-corrected chi connectivity index (χ1v) is 5.65. The van der Waals surface area contributed by atoms with Crippen LogP contribution in [0.1, 0.15) is 20.3 Å². The van der Waals surface area contributed by atoms with Gasteiger partial charge in [0.25, 0.3) is 0 Å². The molecular weight excluding hydrogens is 249 g/mol. The minimum Gasteiger partial charge on any atom is -0.490 e. The number of halogens is 2. The highest BCUT2D eigenvalue weighted by Gasteiger charge is 2.14. The molecule has 0 saturated carbocycles. The number of hydrogen-bond donors (Lipinski definition) is 2. The van der Waals surface area contributed by atoms with E-state index in [1.807, 2.05) is 0 Å². The number of nitrogens with two attached hydrogens (primary N) is 1. The molecule has 0 heterocycles. The fourth-order valence-electron chi connectivity index (χ4n) is 1.12. The molecule has 3 N–H and O–H groups in total. The summed E-state index contributed by atoms with van der Waals surface area (Å²) >= 11 is 11.9. The van der Waals surface area contributed by atoms with E-state index in [0.717, 1.165) is 0 Å². The molecule has 0 saturated heterocycles. The molecule has 0 amide bonds. The lowest BCUT2D eigenvalue weighted by atomic mass is 10.1. The second kappa shape index (κ2) is 5.13. The van der Waals surface area contributed by atoms with Crippen molar-refractivity contribution in [1.82, 2.24) is 0 Å². The Balaban J connectivity index is 2.68. The largest absolute Gasteiger partial charge is 0.490 e. The molecule has 1 rings (SSSR count). The minimum absolute atomic E-state index is 0.340. The summed E-state index contributed by atoms with van der Waals surface area (Å²) in [6.07, 6.45) is 0.490. The van der Waals surface area contributed by atoms with Gasteiger partial charge in [-0.25, -0.2) is 0 Å². The van der Waals surface area contributed by atoms with Gasteiger partial charge in [-0.15, -0.1) is 0 Å². The molecule has 1 aromatic rings. The van der Waals surface area contributed by atoms with E-state index in [4.69, 9.17) is 33.7 Å². The van der Waals surface area contributed by atoms with Crippen LogP contribution < -0.4 is 10.5 Å². The van der Waals surface area contributed by atoms with Gasteiger partial charge in [0.15, 0.2) is 5.75 Å². The van der Waals surface area contributed by atoms with Gasteiger partial charge in [0.2, 0.25) is 0 Å². The maximum absolute atomic E-state index is 9.51. The molecule has 5 heteroatoms. The first-order chi connectivity index (χ1) is 7.29. The molecule has 0 radical (unpaired) electrons. The highest BCUT2D eigenvalue weighted by atomic mass is 35.5. The standard InChI is InChI=1S/C11H15Cl2NO2/c1-11(2,15)3-4-16-10-8(12)5-7(14)6-9(10)13/h5-6,15H,3-4,14H2,1-2H3. The molecule has 0 spiro atoms. The van der Waals surface area contributed by atoms with Gasteiger partial charge < -0.3 is 15.6 Å². The van der Waals surface area contributed by atoms with E-state index in [1.165, 1.54) is 0 Å². The Kier molecular flexibility index (Phi) is 4.30. The Hall–Kier alpha value is -0.640. The lowest BCUT2D eigenvalue weighted by Gasteiger charge is -2.18. The van der Waals surface area contributed by atoms with E-state index in [2.05, 4.69) is 0 Å². The molecule has 0 aliphatic carbocycles. The van der Waals surface area contributed by atoms with Crippen LogP contribution in [0.2, 0.25) is 10.0 Å². The van der Waals surface area contributed by atoms with Crippen molar-refractivity contribution in [1.29, 1.82) is 0 Å². The van der Waals surface area contributed by atoms with Crippen molar-refractivity contribution in [3.05, 3.63) is 22.2 Å². The quantitative estimate of drug-likeness (QED) is 0.821. The van der Waals surface area contributed by atoms with Crippen LogP contribution >= 0.6 is 23.2 Å². The molecule has 0 fully saturated rings. The highest BCUT2D eigenvalue weighted by Crippen LogP contribution is 2.35.